The number of hydrogen-bond acceptors (Lipinski definition) is 3. The van der Waals surface area contributed by atoms with E-state index in [-0.39, 0.29) is 6.04 Å². The predicted octanol–water partition coefficient (Wildman–Crippen LogP) is 2.92. The summed E-state index contributed by atoms with van der Waals surface area (Å²) in [5, 5.41) is 9.39. The Morgan fingerprint density at radius 1 is 1.42 bits per heavy atom. The zero-order valence-electron chi connectivity index (χ0n) is 11.9. The molecule has 0 bridgehead atoms. The Bertz CT molecular complexity index is 449. The molecule has 1 atom stereocenters. The van der Waals surface area contributed by atoms with Crippen molar-refractivity contribution in [2.24, 2.45) is 0 Å². The molecule has 106 valence electrons. The van der Waals surface area contributed by atoms with Crippen LogP contribution in [0.4, 0.5) is 5.69 Å². The molecule has 0 aromatic heterocycles. The summed E-state index contributed by atoms with van der Waals surface area (Å²) in [5.74, 6) is -0.905. The molecule has 0 amide bonds. The summed E-state index contributed by atoms with van der Waals surface area (Å²) < 4.78 is 0.619. The smallest absolute Gasteiger partial charge is 0.338 e. The fourth-order valence-corrected chi connectivity index (χ4v) is 2.84. The zero-order chi connectivity index (χ0) is 14.6. The average molecular weight is 329 g/mol. The van der Waals surface area contributed by atoms with E-state index in [9.17, 15) is 9.90 Å². The quantitative estimate of drug-likeness (QED) is 0.872. The van der Waals surface area contributed by atoms with E-state index in [0.29, 0.717) is 10.0 Å². The van der Waals surface area contributed by atoms with Gasteiger partial charge in [0, 0.05) is 23.6 Å². The molecule has 0 aliphatic heterocycles. The lowest BCUT2D eigenvalue weighted by molar-refractivity contribution is 0.0696. The molecule has 0 radical (unpaired) electrons. The van der Waals surface area contributed by atoms with Gasteiger partial charge in [0.05, 0.1) is 11.3 Å². The van der Waals surface area contributed by atoms with E-state index in [2.05, 4.69) is 32.7 Å². The molecule has 0 aliphatic carbocycles. The average Bonchev–Trinajstić information content (AvgIpc) is 2.28. The second-order valence-corrected chi connectivity index (χ2v) is 5.69. The first-order valence-corrected chi connectivity index (χ1v) is 7.11. The van der Waals surface area contributed by atoms with Gasteiger partial charge >= 0.3 is 5.97 Å². The third-order valence-electron chi connectivity index (χ3n) is 3.02. The van der Waals surface area contributed by atoms with Gasteiger partial charge in [-0.25, -0.2) is 4.79 Å². The van der Waals surface area contributed by atoms with Crippen LogP contribution >= 0.6 is 15.9 Å². The van der Waals surface area contributed by atoms with Crippen LogP contribution in [-0.2, 0) is 0 Å². The summed E-state index contributed by atoms with van der Waals surface area (Å²) in [4.78, 5) is 15.7. The highest BCUT2D eigenvalue weighted by Gasteiger charge is 2.21. The number of carboxylic acid groups (broad SMARTS) is 1. The number of rotatable bonds is 6. The second-order valence-electron chi connectivity index (χ2n) is 4.84. The van der Waals surface area contributed by atoms with Gasteiger partial charge in [-0.15, -0.1) is 0 Å². The molecule has 1 unspecified atom stereocenters. The van der Waals surface area contributed by atoms with Crippen LogP contribution in [0, 0.1) is 0 Å². The van der Waals surface area contributed by atoms with Crippen LogP contribution in [0.1, 0.15) is 24.2 Å². The van der Waals surface area contributed by atoms with Crippen LogP contribution in [0.15, 0.2) is 22.7 Å². The van der Waals surface area contributed by atoms with E-state index < -0.39 is 5.97 Å². The lowest BCUT2D eigenvalue weighted by Crippen LogP contribution is -2.40. The Kier molecular flexibility index (Phi) is 5.82. The summed E-state index contributed by atoms with van der Waals surface area (Å²) in [6.45, 7) is 5.79. The SMILES string of the molecule is CCN(c1cccc(Br)c1C(=O)O)C(C)CN(C)C. The van der Waals surface area contributed by atoms with Crippen molar-refractivity contribution in [1.82, 2.24) is 4.90 Å². The maximum absolute atomic E-state index is 11.4. The first kappa shape index (κ1) is 16.0. The van der Waals surface area contributed by atoms with Gasteiger partial charge < -0.3 is 14.9 Å². The van der Waals surface area contributed by atoms with Crippen LogP contribution in [0.2, 0.25) is 0 Å². The molecular formula is C14H21BrN2O2. The van der Waals surface area contributed by atoms with Crippen molar-refractivity contribution in [2.45, 2.75) is 19.9 Å². The molecule has 1 N–H and O–H groups in total. The molecule has 1 aromatic rings. The van der Waals surface area contributed by atoms with Crippen LogP contribution < -0.4 is 4.90 Å². The zero-order valence-corrected chi connectivity index (χ0v) is 13.4. The minimum Gasteiger partial charge on any atom is -0.478 e. The van der Waals surface area contributed by atoms with Crippen LogP contribution in [0.5, 0.6) is 0 Å². The Labute approximate surface area is 123 Å². The summed E-state index contributed by atoms with van der Waals surface area (Å²) in [6, 6.07) is 5.74. The standard InChI is InChI=1S/C14H21BrN2O2/c1-5-17(10(2)9-16(3)4)12-8-6-7-11(15)13(12)14(18)19/h6-8,10H,5,9H2,1-4H3,(H,18,19). The Morgan fingerprint density at radius 2 is 2.05 bits per heavy atom. The number of nitrogens with zero attached hydrogens (tertiary/aromatic N) is 2. The Hall–Kier alpha value is -1.07. The van der Waals surface area contributed by atoms with E-state index in [1.807, 2.05) is 33.2 Å². The normalized spacial score (nSPS) is 12.5. The van der Waals surface area contributed by atoms with Crippen molar-refractivity contribution in [3.63, 3.8) is 0 Å². The summed E-state index contributed by atoms with van der Waals surface area (Å²) in [7, 11) is 4.03. The molecule has 0 saturated heterocycles. The third-order valence-corrected chi connectivity index (χ3v) is 3.68. The van der Waals surface area contributed by atoms with Crippen molar-refractivity contribution in [1.29, 1.82) is 0 Å². The van der Waals surface area contributed by atoms with E-state index in [1.54, 1.807) is 6.07 Å². The highest BCUT2D eigenvalue weighted by Crippen LogP contribution is 2.29. The molecular weight excluding hydrogens is 308 g/mol. The van der Waals surface area contributed by atoms with Crippen molar-refractivity contribution in [2.75, 3.05) is 32.1 Å². The lowest BCUT2D eigenvalue weighted by Gasteiger charge is -2.33. The molecule has 0 fully saturated rings. The number of aromatic carboxylic acids is 1. The highest BCUT2D eigenvalue weighted by molar-refractivity contribution is 9.10. The monoisotopic (exact) mass is 328 g/mol. The first-order valence-electron chi connectivity index (χ1n) is 6.31. The van der Waals surface area contributed by atoms with Gasteiger partial charge in [0.25, 0.3) is 0 Å². The highest BCUT2D eigenvalue weighted by atomic mass is 79.9. The maximum Gasteiger partial charge on any atom is 0.338 e. The Balaban J connectivity index is 3.18. The molecule has 0 heterocycles. The summed E-state index contributed by atoms with van der Waals surface area (Å²) in [5.41, 5.74) is 1.09. The van der Waals surface area contributed by atoms with E-state index in [4.69, 9.17) is 0 Å². The lowest BCUT2D eigenvalue weighted by atomic mass is 10.1. The van der Waals surface area contributed by atoms with Gasteiger partial charge in [-0.3, -0.25) is 0 Å². The molecule has 0 spiro atoms. The number of carbonyl (C=O) groups is 1. The van der Waals surface area contributed by atoms with Gasteiger partial charge in [0.2, 0.25) is 0 Å². The van der Waals surface area contributed by atoms with Crippen LogP contribution in [0.3, 0.4) is 0 Å². The molecule has 1 rings (SSSR count). The van der Waals surface area contributed by atoms with Gasteiger partial charge in [0.1, 0.15) is 0 Å². The number of likely N-dealkylation sites (N-methyl/N-ethyl adjacent to an activating group) is 2. The topological polar surface area (TPSA) is 43.8 Å². The third kappa shape index (κ3) is 3.94. The molecule has 5 heteroatoms. The number of carboxylic acids is 1. The summed E-state index contributed by atoms with van der Waals surface area (Å²) >= 11 is 3.33. The largest absolute Gasteiger partial charge is 0.478 e. The van der Waals surface area contributed by atoms with Crippen molar-refractivity contribution < 1.29 is 9.90 Å². The predicted molar refractivity (Wildman–Crippen MR) is 82.1 cm³/mol. The number of anilines is 1. The summed E-state index contributed by atoms with van der Waals surface area (Å²) in [6.07, 6.45) is 0. The van der Waals surface area contributed by atoms with Crippen LogP contribution in [0.25, 0.3) is 0 Å². The van der Waals surface area contributed by atoms with Crippen LogP contribution in [-0.4, -0.2) is 49.2 Å². The van der Waals surface area contributed by atoms with Crippen molar-refractivity contribution in [3.8, 4) is 0 Å². The van der Waals surface area contributed by atoms with Crippen molar-refractivity contribution in [3.05, 3.63) is 28.2 Å². The van der Waals surface area contributed by atoms with Gasteiger partial charge in [-0.1, -0.05) is 6.07 Å². The van der Waals surface area contributed by atoms with E-state index in [0.717, 1.165) is 18.8 Å². The molecule has 4 nitrogen and oxygen atoms in total. The van der Waals surface area contributed by atoms with Gasteiger partial charge in [-0.05, 0) is 56.0 Å². The van der Waals surface area contributed by atoms with E-state index in [1.165, 1.54) is 0 Å². The minimum absolute atomic E-state index is 0.243. The Morgan fingerprint density at radius 3 is 2.53 bits per heavy atom. The molecule has 0 saturated carbocycles. The van der Waals surface area contributed by atoms with E-state index >= 15 is 0 Å². The fourth-order valence-electron chi connectivity index (χ4n) is 2.31. The molecule has 0 aliphatic rings. The van der Waals surface area contributed by atoms with Gasteiger partial charge in [-0.2, -0.15) is 0 Å². The van der Waals surface area contributed by atoms with Crippen molar-refractivity contribution >= 4 is 27.6 Å². The maximum atomic E-state index is 11.4. The molecule has 1 aromatic carbocycles. The number of benzene rings is 1. The fraction of sp³-hybridized carbons (Fsp3) is 0.500. The first-order chi connectivity index (χ1) is 8.88. The van der Waals surface area contributed by atoms with Gasteiger partial charge in [0.15, 0.2) is 0 Å². The minimum atomic E-state index is -0.905. The second kappa shape index (κ2) is 6.91. The number of hydrogen-bond donors (Lipinski definition) is 1. The number of halogens is 1. The molecule has 19 heavy (non-hydrogen) atoms.